The molecule has 2 fully saturated rings. The summed E-state index contributed by atoms with van der Waals surface area (Å²) < 4.78 is 5.17. The molecule has 0 radical (unpaired) electrons. The molecule has 0 bridgehead atoms. The predicted octanol–water partition coefficient (Wildman–Crippen LogP) is 3.74. The number of aryl methyl sites for hydroxylation is 1. The molecule has 1 atom stereocenters. The molecule has 0 N–H and O–H groups in total. The van der Waals surface area contributed by atoms with Gasteiger partial charge in [0.25, 0.3) is 5.91 Å². The van der Waals surface area contributed by atoms with Gasteiger partial charge in [-0.05, 0) is 63.1 Å². The van der Waals surface area contributed by atoms with Gasteiger partial charge in [-0.15, -0.1) is 0 Å². The third-order valence-electron chi connectivity index (χ3n) is 6.78. The fraction of sp³-hybridized carbons (Fsp3) is 0.520. The summed E-state index contributed by atoms with van der Waals surface area (Å²) in [4.78, 5) is 39.7. The van der Waals surface area contributed by atoms with Crippen molar-refractivity contribution in [2.45, 2.75) is 70.6 Å². The van der Waals surface area contributed by atoms with E-state index in [1.54, 1.807) is 7.11 Å². The van der Waals surface area contributed by atoms with Crippen molar-refractivity contribution in [2.75, 3.05) is 18.6 Å². The minimum absolute atomic E-state index is 0.00719. The van der Waals surface area contributed by atoms with E-state index >= 15 is 0 Å². The van der Waals surface area contributed by atoms with Gasteiger partial charge in [0.1, 0.15) is 5.82 Å². The molecule has 5 rings (SSSR count). The van der Waals surface area contributed by atoms with Gasteiger partial charge in [-0.25, -0.2) is 9.97 Å². The summed E-state index contributed by atoms with van der Waals surface area (Å²) in [5.41, 5.74) is 3.73. The minimum Gasteiger partial charge on any atom is -0.380 e. The Bertz CT molecular complexity index is 1030. The largest absolute Gasteiger partial charge is 0.380 e. The summed E-state index contributed by atoms with van der Waals surface area (Å²) >= 11 is 0. The highest BCUT2D eigenvalue weighted by molar-refractivity contribution is 5.96. The van der Waals surface area contributed by atoms with Gasteiger partial charge in [-0.2, -0.15) is 0 Å². The number of anilines is 1. The maximum atomic E-state index is 13.4. The Morgan fingerprint density at radius 3 is 2.59 bits per heavy atom. The van der Waals surface area contributed by atoms with Crippen LogP contribution in [0.1, 0.15) is 77.6 Å². The number of rotatable bonds is 5. The number of carbonyl (C=O) groups is 2. The van der Waals surface area contributed by atoms with E-state index in [0.29, 0.717) is 37.4 Å². The molecule has 2 aliphatic heterocycles. The monoisotopic (exact) mass is 434 g/mol. The van der Waals surface area contributed by atoms with Crippen molar-refractivity contribution in [1.82, 2.24) is 14.9 Å². The molecular formula is C25H30N4O3. The van der Waals surface area contributed by atoms with E-state index in [1.165, 1.54) is 0 Å². The number of aromatic nitrogens is 2. The van der Waals surface area contributed by atoms with Crippen LogP contribution in [-0.2, 0) is 22.6 Å². The first-order valence-electron chi connectivity index (χ1n) is 11.6. The summed E-state index contributed by atoms with van der Waals surface area (Å²) in [5, 5.41) is 0. The minimum atomic E-state index is -0.169. The lowest BCUT2D eigenvalue weighted by molar-refractivity contribution is -0.119. The smallest absolute Gasteiger partial charge is 0.254 e. The number of ether oxygens (including phenoxy) is 1. The number of hydrogen-bond donors (Lipinski definition) is 0. The second kappa shape index (κ2) is 8.62. The zero-order valence-corrected chi connectivity index (χ0v) is 18.8. The number of nitrogens with zero attached hydrogens (tertiary/aromatic N) is 4. The summed E-state index contributed by atoms with van der Waals surface area (Å²) in [6.45, 7) is 3.22. The lowest BCUT2D eigenvalue weighted by Gasteiger charge is -2.36. The van der Waals surface area contributed by atoms with Gasteiger partial charge in [0.15, 0.2) is 5.82 Å². The van der Waals surface area contributed by atoms with Gasteiger partial charge in [-0.3, -0.25) is 14.5 Å². The third kappa shape index (κ3) is 3.90. The highest BCUT2D eigenvalue weighted by atomic mass is 16.5. The first kappa shape index (κ1) is 21.1. The van der Waals surface area contributed by atoms with Crippen LogP contribution in [0, 0.1) is 6.92 Å². The second-order valence-corrected chi connectivity index (χ2v) is 9.10. The molecule has 32 heavy (non-hydrogen) atoms. The Balaban J connectivity index is 1.47. The van der Waals surface area contributed by atoms with E-state index < -0.39 is 0 Å². The number of carbonyl (C=O) groups excluding carboxylic acids is 2. The Morgan fingerprint density at radius 2 is 1.88 bits per heavy atom. The van der Waals surface area contributed by atoms with Gasteiger partial charge in [-0.1, -0.05) is 12.1 Å². The summed E-state index contributed by atoms with van der Waals surface area (Å²) in [6, 6.07) is 7.72. The topological polar surface area (TPSA) is 75.6 Å². The van der Waals surface area contributed by atoms with Gasteiger partial charge < -0.3 is 9.64 Å². The van der Waals surface area contributed by atoms with Crippen LogP contribution >= 0.6 is 0 Å². The molecule has 2 amide bonds. The first-order chi connectivity index (χ1) is 15.6. The van der Waals surface area contributed by atoms with Crippen molar-refractivity contribution in [1.29, 1.82) is 0 Å². The Kier molecular flexibility index (Phi) is 5.67. The fourth-order valence-electron chi connectivity index (χ4n) is 4.94. The fourth-order valence-corrected chi connectivity index (χ4v) is 4.94. The number of piperidine rings is 1. The SMILES string of the molecule is COCc1ccc(C(=O)N2CCCC[C@@H]2c2nc(C)c3c(n2)N(C2CC2)C(=O)CC3)cc1. The van der Waals surface area contributed by atoms with Gasteiger partial charge in [0.2, 0.25) is 5.91 Å². The molecule has 1 aromatic carbocycles. The molecule has 1 saturated carbocycles. The molecule has 3 aliphatic rings. The summed E-state index contributed by atoms with van der Waals surface area (Å²) in [6.07, 6.45) is 6.15. The second-order valence-electron chi connectivity index (χ2n) is 9.10. The van der Waals surface area contributed by atoms with Crippen LogP contribution in [-0.4, -0.2) is 46.4 Å². The molecule has 0 spiro atoms. The van der Waals surface area contributed by atoms with Crippen molar-refractivity contribution >= 4 is 17.6 Å². The van der Waals surface area contributed by atoms with E-state index in [2.05, 4.69) is 0 Å². The normalized spacial score (nSPS) is 20.9. The molecule has 7 heteroatoms. The number of methoxy groups -OCH3 is 1. The number of benzene rings is 1. The summed E-state index contributed by atoms with van der Waals surface area (Å²) in [5.74, 6) is 1.63. The van der Waals surface area contributed by atoms with Crippen LogP contribution in [0.5, 0.6) is 0 Å². The average Bonchev–Trinajstić information content (AvgIpc) is 3.64. The predicted molar refractivity (Wildman–Crippen MR) is 120 cm³/mol. The molecule has 0 unspecified atom stereocenters. The van der Waals surface area contributed by atoms with Crippen LogP contribution in [0.3, 0.4) is 0 Å². The Hall–Kier alpha value is -2.80. The van der Waals surface area contributed by atoms with E-state index in [4.69, 9.17) is 14.7 Å². The maximum absolute atomic E-state index is 13.4. The number of amides is 2. The van der Waals surface area contributed by atoms with Crippen LogP contribution in [0.15, 0.2) is 24.3 Å². The molecule has 1 aliphatic carbocycles. The Morgan fingerprint density at radius 1 is 1.09 bits per heavy atom. The maximum Gasteiger partial charge on any atom is 0.254 e. The molecule has 1 saturated heterocycles. The lowest BCUT2D eigenvalue weighted by Crippen LogP contribution is -2.41. The van der Waals surface area contributed by atoms with E-state index in [0.717, 1.165) is 54.7 Å². The first-order valence-corrected chi connectivity index (χ1v) is 11.6. The van der Waals surface area contributed by atoms with Crippen molar-refractivity contribution < 1.29 is 14.3 Å². The van der Waals surface area contributed by atoms with Crippen LogP contribution in [0.4, 0.5) is 5.82 Å². The molecule has 168 valence electrons. The third-order valence-corrected chi connectivity index (χ3v) is 6.78. The zero-order chi connectivity index (χ0) is 22.2. The summed E-state index contributed by atoms with van der Waals surface area (Å²) in [7, 11) is 1.66. The highest BCUT2D eigenvalue weighted by Gasteiger charge is 2.40. The molecule has 7 nitrogen and oxygen atoms in total. The molecule has 3 heterocycles. The quantitative estimate of drug-likeness (QED) is 0.717. The van der Waals surface area contributed by atoms with E-state index in [1.807, 2.05) is 41.0 Å². The highest BCUT2D eigenvalue weighted by Crippen LogP contribution is 2.39. The van der Waals surface area contributed by atoms with Crippen molar-refractivity contribution in [3.8, 4) is 0 Å². The van der Waals surface area contributed by atoms with Crippen molar-refractivity contribution in [3.63, 3.8) is 0 Å². The number of fused-ring (bicyclic) bond motifs is 1. The van der Waals surface area contributed by atoms with E-state index in [-0.39, 0.29) is 23.9 Å². The molecule has 2 aromatic rings. The van der Waals surface area contributed by atoms with Crippen molar-refractivity contribution in [3.05, 3.63) is 52.5 Å². The standard InChI is InChI=1S/C25H30N4O3/c1-16-20-12-13-22(30)29(19-10-11-19)24(20)27-23(26-16)21-5-3-4-14-28(21)25(31)18-8-6-17(7-9-18)15-32-2/h6-9,19,21H,3-5,10-15H2,1-2H3/t21-/m1/s1. The average molecular weight is 435 g/mol. The molecular weight excluding hydrogens is 404 g/mol. The van der Waals surface area contributed by atoms with Crippen LogP contribution in [0.25, 0.3) is 0 Å². The number of hydrogen-bond acceptors (Lipinski definition) is 5. The van der Waals surface area contributed by atoms with Gasteiger partial charge in [0.05, 0.1) is 12.6 Å². The Labute approximate surface area is 188 Å². The van der Waals surface area contributed by atoms with Gasteiger partial charge in [0, 0.05) is 42.9 Å². The lowest BCUT2D eigenvalue weighted by atomic mass is 9.98. The van der Waals surface area contributed by atoms with Crippen LogP contribution in [0.2, 0.25) is 0 Å². The number of likely N-dealkylation sites (tertiary alicyclic amines) is 1. The van der Waals surface area contributed by atoms with E-state index in [9.17, 15) is 9.59 Å². The van der Waals surface area contributed by atoms with Crippen molar-refractivity contribution in [2.24, 2.45) is 0 Å². The molecule has 1 aromatic heterocycles. The van der Waals surface area contributed by atoms with Crippen LogP contribution < -0.4 is 4.90 Å². The zero-order valence-electron chi connectivity index (χ0n) is 18.8. The van der Waals surface area contributed by atoms with Gasteiger partial charge >= 0.3 is 0 Å².